The Morgan fingerprint density at radius 1 is 0.404 bits per heavy atom. The van der Waals surface area contributed by atoms with Crippen LogP contribution in [0.2, 0.25) is 0 Å². The molecule has 1 aliphatic carbocycles. The Morgan fingerprint density at radius 2 is 0.808 bits per heavy atom. The van der Waals surface area contributed by atoms with E-state index in [9.17, 15) is 5.26 Å². The number of benzene rings is 6. The topological polar surface area (TPSA) is 62.5 Å². The van der Waals surface area contributed by atoms with E-state index in [1.807, 2.05) is 48.5 Å². The Morgan fingerprint density at radius 3 is 1.31 bits per heavy atom. The highest BCUT2D eigenvalue weighted by molar-refractivity contribution is 5.76. The van der Waals surface area contributed by atoms with E-state index in [4.69, 9.17) is 15.0 Å². The van der Waals surface area contributed by atoms with Gasteiger partial charge >= 0.3 is 0 Å². The summed E-state index contributed by atoms with van der Waals surface area (Å²) >= 11 is 0. The quantitative estimate of drug-likeness (QED) is 0.176. The molecule has 1 aliphatic rings. The van der Waals surface area contributed by atoms with Gasteiger partial charge in [0.05, 0.1) is 11.6 Å². The molecule has 0 amide bonds. The summed E-state index contributed by atoms with van der Waals surface area (Å²) in [5.41, 5.74) is 12.7. The van der Waals surface area contributed by atoms with Crippen molar-refractivity contribution in [1.82, 2.24) is 15.0 Å². The van der Waals surface area contributed by atoms with Crippen LogP contribution < -0.4 is 0 Å². The fraction of sp³-hybridized carbons (Fsp3) is 0.167. The fourth-order valence-corrected chi connectivity index (χ4v) is 7.40. The van der Waals surface area contributed by atoms with E-state index in [1.165, 1.54) is 11.1 Å². The summed E-state index contributed by atoms with van der Waals surface area (Å²) in [5, 5.41) is 10.2. The van der Waals surface area contributed by atoms with Crippen LogP contribution in [0.4, 0.5) is 0 Å². The van der Waals surface area contributed by atoms with Crippen LogP contribution in [0.5, 0.6) is 0 Å². The molecule has 252 valence electrons. The van der Waals surface area contributed by atoms with Crippen LogP contribution in [-0.2, 0) is 10.8 Å². The smallest absolute Gasteiger partial charge is 0.164 e. The summed E-state index contributed by atoms with van der Waals surface area (Å²) in [6.07, 6.45) is 2.30. The second-order valence-corrected chi connectivity index (χ2v) is 15.1. The molecule has 0 radical (unpaired) electrons. The van der Waals surface area contributed by atoms with Crippen molar-refractivity contribution in [3.8, 4) is 73.6 Å². The molecule has 8 rings (SSSR count). The van der Waals surface area contributed by atoms with Gasteiger partial charge in [0.25, 0.3) is 0 Å². The maximum absolute atomic E-state index is 10.2. The normalized spacial score (nSPS) is 14.3. The Labute approximate surface area is 306 Å². The van der Waals surface area contributed by atoms with Gasteiger partial charge in [0, 0.05) is 16.7 Å². The monoisotopic (exact) mass is 672 g/mol. The molecule has 0 aliphatic heterocycles. The van der Waals surface area contributed by atoms with Gasteiger partial charge in [-0.1, -0.05) is 155 Å². The van der Waals surface area contributed by atoms with Crippen molar-refractivity contribution in [2.45, 2.75) is 51.4 Å². The fourth-order valence-electron chi connectivity index (χ4n) is 7.40. The van der Waals surface area contributed by atoms with Crippen LogP contribution in [0.1, 0.15) is 57.2 Å². The van der Waals surface area contributed by atoms with Crippen molar-refractivity contribution in [3.63, 3.8) is 0 Å². The molecule has 0 saturated heterocycles. The highest BCUT2D eigenvalue weighted by atomic mass is 15.0. The second kappa shape index (κ2) is 13.2. The molecule has 0 bridgehead atoms. The molecule has 4 heteroatoms. The van der Waals surface area contributed by atoms with Gasteiger partial charge in [0.15, 0.2) is 17.5 Å². The summed E-state index contributed by atoms with van der Waals surface area (Å²) in [7, 11) is 0. The van der Waals surface area contributed by atoms with Crippen LogP contribution in [0, 0.1) is 11.3 Å². The number of nitriles is 1. The van der Waals surface area contributed by atoms with Gasteiger partial charge in [0.2, 0.25) is 0 Å². The van der Waals surface area contributed by atoms with Gasteiger partial charge in [-0.2, -0.15) is 5.26 Å². The Hall–Kier alpha value is -6.18. The number of nitrogens with zero attached hydrogens (tertiary/aromatic N) is 4. The van der Waals surface area contributed by atoms with Crippen molar-refractivity contribution in [1.29, 1.82) is 5.26 Å². The van der Waals surface area contributed by atoms with Crippen molar-refractivity contribution in [2.75, 3.05) is 0 Å². The molecule has 1 aromatic heterocycles. The zero-order valence-electron chi connectivity index (χ0n) is 30.1. The molecular weight excluding hydrogens is 633 g/mol. The van der Waals surface area contributed by atoms with Gasteiger partial charge in [0.1, 0.15) is 0 Å². The molecule has 7 aromatic rings. The first-order chi connectivity index (χ1) is 25.2. The first-order valence-electron chi connectivity index (χ1n) is 18.0. The standard InChI is InChI=1S/C48H40N4/c1-47(2)25-26-48(3,4)43-30-39(23-24-42(43)47)40-27-32(31-49)28-41(29-40)46-51-44(37-19-15-35(16-20-37)33-11-7-5-8-12-33)50-45(52-46)38-21-17-36(18-22-38)34-13-9-6-10-14-34/h5-24,27-30H,25-26H2,1-4H3. The Bertz CT molecular complexity index is 2340. The maximum Gasteiger partial charge on any atom is 0.164 e. The van der Waals surface area contributed by atoms with Crippen LogP contribution in [0.15, 0.2) is 146 Å². The van der Waals surface area contributed by atoms with E-state index in [-0.39, 0.29) is 10.8 Å². The third kappa shape index (κ3) is 6.43. The van der Waals surface area contributed by atoms with Gasteiger partial charge < -0.3 is 0 Å². The summed E-state index contributed by atoms with van der Waals surface area (Å²) in [4.78, 5) is 15.1. The largest absolute Gasteiger partial charge is 0.208 e. The minimum atomic E-state index is 0.0701. The van der Waals surface area contributed by atoms with E-state index in [0.29, 0.717) is 23.0 Å². The Kier molecular flexibility index (Phi) is 8.36. The number of hydrogen-bond acceptors (Lipinski definition) is 4. The third-order valence-corrected chi connectivity index (χ3v) is 10.6. The van der Waals surface area contributed by atoms with Crippen molar-refractivity contribution in [2.24, 2.45) is 0 Å². The van der Waals surface area contributed by atoms with E-state index in [1.54, 1.807) is 0 Å². The molecule has 1 heterocycles. The zero-order valence-corrected chi connectivity index (χ0v) is 30.1. The van der Waals surface area contributed by atoms with E-state index in [0.717, 1.165) is 62.9 Å². The predicted octanol–water partition coefficient (Wildman–Crippen LogP) is 12.1. The first-order valence-corrected chi connectivity index (χ1v) is 18.0. The lowest BCUT2D eigenvalue weighted by atomic mass is 9.63. The van der Waals surface area contributed by atoms with E-state index >= 15 is 0 Å². The van der Waals surface area contributed by atoms with Crippen LogP contribution in [-0.4, -0.2) is 15.0 Å². The van der Waals surface area contributed by atoms with Crippen LogP contribution in [0.3, 0.4) is 0 Å². The summed E-state index contributed by atoms with van der Waals surface area (Å²) in [5.74, 6) is 1.68. The maximum atomic E-state index is 10.2. The SMILES string of the molecule is CC1(C)CCC(C)(C)c2cc(-c3cc(C#N)cc(-c4nc(-c5ccc(-c6ccccc6)cc5)nc(-c5ccc(-c6ccccc6)cc5)n4)c3)ccc21. The predicted molar refractivity (Wildman–Crippen MR) is 212 cm³/mol. The molecule has 0 N–H and O–H groups in total. The van der Waals surface area contributed by atoms with Crippen molar-refractivity contribution >= 4 is 0 Å². The van der Waals surface area contributed by atoms with Gasteiger partial charge in [-0.15, -0.1) is 0 Å². The van der Waals surface area contributed by atoms with E-state index in [2.05, 4.69) is 131 Å². The molecule has 0 spiro atoms. The molecule has 4 nitrogen and oxygen atoms in total. The molecule has 0 unspecified atom stereocenters. The number of hydrogen-bond donors (Lipinski definition) is 0. The van der Waals surface area contributed by atoms with Gasteiger partial charge in [-0.05, 0) is 86.4 Å². The number of fused-ring (bicyclic) bond motifs is 1. The number of rotatable bonds is 6. The van der Waals surface area contributed by atoms with E-state index < -0.39 is 0 Å². The lowest BCUT2D eigenvalue weighted by Crippen LogP contribution is -2.33. The molecule has 0 atom stereocenters. The summed E-state index contributed by atoms with van der Waals surface area (Å²) in [6.45, 7) is 9.37. The third-order valence-electron chi connectivity index (χ3n) is 10.6. The summed E-state index contributed by atoms with van der Waals surface area (Å²) < 4.78 is 0. The average molecular weight is 673 g/mol. The summed E-state index contributed by atoms with van der Waals surface area (Å²) in [6, 6.07) is 52.6. The van der Waals surface area contributed by atoms with Crippen LogP contribution in [0.25, 0.3) is 67.5 Å². The molecule has 0 saturated carbocycles. The minimum Gasteiger partial charge on any atom is -0.208 e. The van der Waals surface area contributed by atoms with Gasteiger partial charge in [-0.25, -0.2) is 15.0 Å². The highest BCUT2D eigenvalue weighted by Gasteiger charge is 2.37. The minimum absolute atomic E-state index is 0.0701. The Balaban J connectivity index is 1.25. The second-order valence-electron chi connectivity index (χ2n) is 15.1. The average Bonchev–Trinajstić information content (AvgIpc) is 3.20. The van der Waals surface area contributed by atoms with Crippen molar-refractivity contribution < 1.29 is 0 Å². The zero-order chi connectivity index (χ0) is 35.9. The molecule has 52 heavy (non-hydrogen) atoms. The van der Waals surface area contributed by atoms with Crippen LogP contribution >= 0.6 is 0 Å². The molecule has 0 fully saturated rings. The van der Waals surface area contributed by atoms with Crippen molar-refractivity contribution in [3.05, 3.63) is 162 Å². The van der Waals surface area contributed by atoms with Gasteiger partial charge in [-0.3, -0.25) is 0 Å². The number of aromatic nitrogens is 3. The highest BCUT2D eigenvalue weighted by Crippen LogP contribution is 2.47. The lowest BCUT2D eigenvalue weighted by Gasteiger charge is -2.42. The first kappa shape index (κ1) is 33.0. The lowest BCUT2D eigenvalue weighted by molar-refractivity contribution is 0.332. The molecular formula is C48H40N4. The molecule has 6 aromatic carbocycles.